The predicted molar refractivity (Wildman–Crippen MR) is 77.6 cm³/mol. The maximum absolute atomic E-state index is 6.13. The third-order valence-corrected chi connectivity index (χ3v) is 3.21. The Balaban J connectivity index is 2.03. The summed E-state index contributed by atoms with van der Waals surface area (Å²) in [6, 6.07) is 5.88. The molecule has 2 aromatic rings. The molecule has 6 heteroatoms. The highest BCUT2D eigenvalue weighted by atomic mass is 35.5. The third kappa shape index (κ3) is 4.20. The van der Waals surface area contributed by atoms with Crippen LogP contribution in [0, 0.1) is 0 Å². The van der Waals surface area contributed by atoms with Gasteiger partial charge in [-0.2, -0.15) is 0 Å². The maximum Gasteiger partial charge on any atom is 0.0965 e. The molecule has 1 aromatic heterocycles. The molecule has 4 nitrogen and oxygen atoms in total. The average Bonchev–Trinajstić information content (AvgIpc) is 2.78. The van der Waals surface area contributed by atoms with Crippen molar-refractivity contribution in [2.45, 2.75) is 33.0 Å². The van der Waals surface area contributed by atoms with Gasteiger partial charge in [0.1, 0.15) is 0 Å². The summed E-state index contributed by atoms with van der Waals surface area (Å²) in [5.41, 5.74) is 1.89. The van der Waals surface area contributed by atoms with Crippen LogP contribution in [0.1, 0.15) is 25.1 Å². The molecule has 0 saturated carbocycles. The molecule has 0 saturated heterocycles. The van der Waals surface area contributed by atoms with Gasteiger partial charge in [0.2, 0.25) is 0 Å². The monoisotopic (exact) mass is 298 g/mol. The van der Waals surface area contributed by atoms with Crippen molar-refractivity contribution in [2.24, 2.45) is 0 Å². The van der Waals surface area contributed by atoms with E-state index in [1.807, 2.05) is 18.3 Å². The molecule has 0 bridgehead atoms. The summed E-state index contributed by atoms with van der Waals surface area (Å²) < 4.78 is 1.77. The lowest BCUT2D eigenvalue weighted by molar-refractivity contribution is 0.580. The smallest absolute Gasteiger partial charge is 0.0965 e. The van der Waals surface area contributed by atoms with E-state index in [1.54, 1.807) is 10.7 Å². The summed E-state index contributed by atoms with van der Waals surface area (Å²) in [7, 11) is 0. The SMILES string of the molecule is CC(C)NCc1cn(Cc2ccc(Cl)cc2Cl)nn1. The van der Waals surface area contributed by atoms with Gasteiger partial charge in [-0.1, -0.05) is 48.3 Å². The van der Waals surface area contributed by atoms with E-state index in [-0.39, 0.29) is 0 Å². The van der Waals surface area contributed by atoms with E-state index in [2.05, 4.69) is 29.5 Å². The second-order valence-electron chi connectivity index (χ2n) is 4.68. The van der Waals surface area contributed by atoms with Crippen molar-refractivity contribution in [3.05, 3.63) is 45.7 Å². The molecule has 1 aromatic carbocycles. The summed E-state index contributed by atoms with van der Waals surface area (Å²) in [4.78, 5) is 0. The number of benzene rings is 1. The second kappa shape index (κ2) is 6.37. The normalized spacial score (nSPS) is 11.2. The second-order valence-corrected chi connectivity index (χ2v) is 5.52. The number of nitrogens with zero attached hydrogens (tertiary/aromatic N) is 3. The van der Waals surface area contributed by atoms with Crippen LogP contribution in [0.4, 0.5) is 0 Å². The molecule has 1 heterocycles. The van der Waals surface area contributed by atoms with Gasteiger partial charge in [-0.25, -0.2) is 4.68 Å². The minimum atomic E-state index is 0.427. The van der Waals surface area contributed by atoms with Crippen LogP contribution in [0.5, 0.6) is 0 Å². The van der Waals surface area contributed by atoms with E-state index in [1.165, 1.54) is 0 Å². The first-order valence-electron chi connectivity index (χ1n) is 6.11. The van der Waals surface area contributed by atoms with E-state index in [0.29, 0.717) is 29.2 Å². The Morgan fingerprint density at radius 3 is 2.79 bits per heavy atom. The molecule has 0 atom stereocenters. The summed E-state index contributed by atoms with van der Waals surface area (Å²) >= 11 is 12.0. The van der Waals surface area contributed by atoms with Gasteiger partial charge in [0.25, 0.3) is 0 Å². The molecule has 2 rings (SSSR count). The van der Waals surface area contributed by atoms with Gasteiger partial charge in [-0.3, -0.25) is 0 Å². The molecule has 102 valence electrons. The van der Waals surface area contributed by atoms with E-state index < -0.39 is 0 Å². The highest BCUT2D eigenvalue weighted by molar-refractivity contribution is 6.35. The van der Waals surface area contributed by atoms with Crippen LogP contribution in [0.25, 0.3) is 0 Å². The Kier molecular flexibility index (Phi) is 4.80. The number of halogens is 2. The Morgan fingerprint density at radius 2 is 2.11 bits per heavy atom. The van der Waals surface area contributed by atoms with Crippen molar-refractivity contribution in [2.75, 3.05) is 0 Å². The fraction of sp³-hybridized carbons (Fsp3) is 0.385. The number of aromatic nitrogens is 3. The van der Waals surface area contributed by atoms with Crippen molar-refractivity contribution >= 4 is 23.2 Å². The molecule has 0 amide bonds. The van der Waals surface area contributed by atoms with Crippen LogP contribution in [0.15, 0.2) is 24.4 Å². The minimum absolute atomic E-state index is 0.427. The number of hydrogen-bond acceptors (Lipinski definition) is 3. The molecule has 0 fully saturated rings. The first kappa shape index (κ1) is 14.3. The molecular formula is C13H16Cl2N4. The summed E-state index contributed by atoms with van der Waals surface area (Å²) in [5, 5.41) is 12.8. The summed E-state index contributed by atoms with van der Waals surface area (Å²) in [5.74, 6) is 0. The lowest BCUT2D eigenvalue weighted by Crippen LogP contribution is -2.21. The zero-order chi connectivity index (χ0) is 13.8. The molecular weight excluding hydrogens is 283 g/mol. The highest BCUT2D eigenvalue weighted by Crippen LogP contribution is 2.21. The van der Waals surface area contributed by atoms with Gasteiger partial charge in [0.15, 0.2) is 0 Å². The van der Waals surface area contributed by atoms with Crippen molar-refractivity contribution in [1.82, 2.24) is 20.3 Å². The van der Waals surface area contributed by atoms with Gasteiger partial charge >= 0.3 is 0 Å². The largest absolute Gasteiger partial charge is 0.309 e. The molecule has 1 N–H and O–H groups in total. The van der Waals surface area contributed by atoms with Gasteiger partial charge < -0.3 is 5.32 Å². The Bertz CT molecular complexity index is 551. The van der Waals surface area contributed by atoms with Crippen LogP contribution in [-0.4, -0.2) is 21.0 Å². The molecule has 0 radical (unpaired) electrons. The van der Waals surface area contributed by atoms with Crippen LogP contribution < -0.4 is 5.32 Å². The Hall–Kier alpha value is -1.10. The predicted octanol–water partition coefficient (Wildman–Crippen LogP) is 3.13. The van der Waals surface area contributed by atoms with Gasteiger partial charge in [0.05, 0.1) is 18.4 Å². The number of rotatable bonds is 5. The van der Waals surface area contributed by atoms with Crippen molar-refractivity contribution < 1.29 is 0 Å². The first-order valence-corrected chi connectivity index (χ1v) is 6.86. The first-order chi connectivity index (χ1) is 9.04. The van der Waals surface area contributed by atoms with Crippen molar-refractivity contribution in [1.29, 1.82) is 0 Å². The van der Waals surface area contributed by atoms with Crippen LogP contribution in [0.2, 0.25) is 10.0 Å². The van der Waals surface area contributed by atoms with E-state index >= 15 is 0 Å². The molecule has 0 aliphatic carbocycles. The van der Waals surface area contributed by atoms with E-state index in [0.717, 1.165) is 11.3 Å². The zero-order valence-electron chi connectivity index (χ0n) is 10.9. The van der Waals surface area contributed by atoms with E-state index in [9.17, 15) is 0 Å². The fourth-order valence-corrected chi connectivity index (χ4v) is 2.10. The molecule has 0 aliphatic rings. The number of nitrogens with one attached hydrogen (secondary N) is 1. The molecule has 0 aliphatic heterocycles. The van der Waals surface area contributed by atoms with Gasteiger partial charge in [-0.15, -0.1) is 5.10 Å². The molecule has 19 heavy (non-hydrogen) atoms. The lowest BCUT2D eigenvalue weighted by Gasteiger charge is -2.05. The Labute approximate surface area is 122 Å². The standard InChI is InChI=1S/C13H16Cl2N4/c1-9(2)16-6-12-8-19(18-17-12)7-10-3-4-11(14)5-13(10)15/h3-5,8-9,16H,6-7H2,1-2H3. The van der Waals surface area contributed by atoms with Gasteiger partial charge in [0, 0.05) is 22.6 Å². The Morgan fingerprint density at radius 1 is 1.32 bits per heavy atom. The quantitative estimate of drug-likeness (QED) is 0.922. The number of hydrogen-bond donors (Lipinski definition) is 1. The van der Waals surface area contributed by atoms with Gasteiger partial charge in [-0.05, 0) is 17.7 Å². The summed E-state index contributed by atoms with van der Waals surface area (Å²) in [6.45, 7) is 5.49. The highest BCUT2D eigenvalue weighted by Gasteiger charge is 2.05. The zero-order valence-corrected chi connectivity index (χ0v) is 12.4. The summed E-state index contributed by atoms with van der Waals surface area (Å²) in [6.07, 6.45) is 1.92. The van der Waals surface area contributed by atoms with Crippen LogP contribution in [-0.2, 0) is 13.1 Å². The van der Waals surface area contributed by atoms with Crippen molar-refractivity contribution in [3.8, 4) is 0 Å². The molecule has 0 unspecified atom stereocenters. The minimum Gasteiger partial charge on any atom is -0.309 e. The fourth-order valence-electron chi connectivity index (χ4n) is 1.63. The topological polar surface area (TPSA) is 42.7 Å². The van der Waals surface area contributed by atoms with Crippen molar-refractivity contribution in [3.63, 3.8) is 0 Å². The van der Waals surface area contributed by atoms with Crippen LogP contribution >= 0.6 is 23.2 Å². The van der Waals surface area contributed by atoms with Crippen LogP contribution in [0.3, 0.4) is 0 Å². The third-order valence-electron chi connectivity index (χ3n) is 2.62. The molecule has 0 spiro atoms. The lowest BCUT2D eigenvalue weighted by atomic mass is 10.2. The maximum atomic E-state index is 6.13. The average molecular weight is 299 g/mol. The van der Waals surface area contributed by atoms with E-state index in [4.69, 9.17) is 23.2 Å².